The molecule has 0 aliphatic carbocycles. The lowest BCUT2D eigenvalue weighted by atomic mass is 10.2. The van der Waals surface area contributed by atoms with Gasteiger partial charge >= 0.3 is 5.97 Å². The van der Waals surface area contributed by atoms with Crippen LogP contribution in [0.5, 0.6) is 0 Å². The van der Waals surface area contributed by atoms with Crippen molar-refractivity contribution in [1.29, 1.82) is 0 Å². The highest BCUT2D eigenvalue weighted by Gasteiger charge is 2.18. The van der Waals surface area contributed by atoms with Gasteiger partial charge in [-0.1, -0.05) is 0 Å². The van der Waals surface area contributed by atoms with Crippen LogP contribution in [0, 0.1) is 6.92 Å². The molecule has 0 saturated carbocycles. The summed E-state index contributed by atoms with van der Waals surface area (Å²) in [5.41, 5.74) is 0.255. The number of hydrogen-bond acceptors (Lipinski definition) is 5. The highest BCUT2D eigenvalue weighted by molar-refractivity contribution is 7.20. The van der Waals surface area contributed by atoms with Crippen LogP contribution in [0.25, 0.3) is 10.2 Å². The predicted octanol–water partition coefficient (Wildman–Crippen LogP) is 1.24. The Morgan fingerprint density at radius 2 is 2.21 bits per heavy atom. The normalized spacial score (nSPS) is 11.1. The Kier molecular flexibility index (Phi) is 3.96. The molecule has 2 rings (SSSR count). The average molecular weight is 282 g/mol. The molecule has 0 saturated heterocycles. The van der Waals surface area contributed by atoms with Crippen molar-refractivity contribution in [3.05, 3.63) is 27.1 Å². The van der Waals surface area contributed by atoms with E-state index in [1.807, 2.05) is 0 Å². The summed E-state index contributed by atoms with van der Waals surface area (Å²) in [5.74, 6) is -1.04. The fraction of sp³-hybridized carbons (Fsp3) is 0.417. The third-order valence-electron chi connectivity index (χ3n) is 2.92. The largest absolute Gasteiger partial charge is 0.477 e. The number of carboxylic acid groups (broad SMARTS) is 1. The quantitative estimate of drug-likeness (QED) is 0.805. The molecule has 0 atom stereocenters. The van der Waals surface area contributed by atoms with Crippen LogP contribution in [0.3, 0.4) is 0 Å². The Labute approximate surface area is 113 Å². The van der Waals surface area contributed by atoms with E-state index >= 15 is 0 Å². The first-order chi connectivity index (χ1) is 9.06. The van der Waals surface area contributed by atoms with Crippen molar-refractivity contribution in [2.24, 2.45) is 0 Å². The van der Waals surface area contributed by atoms with E-state index in [-0.39, 0.29) is 17.0 Å². The molecule has 2 N–H and O–H groups in total. The fourth-order valence-electron chi connectivity index (χ4n) is 1.92. The third-order valence-corrected chi connectivity index (χ3v) is 4.11. The van der Waals surface area contributed by atoms with Crippen LogP contribution in [-0.4, -0.2) is 32.3 Å². The van der Waals surface area contributed by atoms with Gasteiger partial charge in [-0.15, -0.1) is 11.3 Å². The molecule has 2 aromatic heterocycles. The number of carbonyl (C=O) groups is 1. The summed E-state index contributed by atoms with van der Waals surface area (Å²) in [6, 6.07) is 0. The van der Waals surface area contributed by atoms with Crippen LogP contribution in [0.4, 0.5) is 0 Å². The van der Waals surface area contributed by atoms with Crippen LogP contribution in [0.15, 0.2) is 11.1 Å². The molecule has 0 amide bonds. The van der Waals surface area contributed by atoms with Crippen LogP contribution in [0.1, 0.15) is 28.1 Å². The number of nitrogens with zero attached hydrogens (tertiary/aromatic N) is 2. The Hall–Kier alpha value is -1.73. The van der Waals surface area contributed by atoms with Gasteiger partial charge in [-0.25, -0.2) is 9.78 Å². The molecule has 0 aliphatic heterocycles. The molecule has 19 heavy (non-hydrogen) atoms. The number of aliphatic hydroxyl groups is 1. The Morgan fingerprint density at radius 3 is 2.84 bits per heavy atom. The van der Waals surface area contributed by atoms with Gasteiger partial charge in [0.2, 0.25) is 0 Å². The first-order valence-corrected chi connectivity index (χ1v) is 6.70. The minimum Gasteiger partial charge on any atom is -0.477 e. The number of aryl methyl sites for hydroxylation is 2. The van der Waals surface area contributed by atoms with Gasteiger partial charge < -0.3 is 10.2 Å². The van der Waals surface area contributed by atoms with Crippen LogP contribution in [-0.2, 0) is 6.54 Å². The van der Waals surface area contributed by atoms with E-state index in [1.54, 1.807) is 6.92 Å². The molecule has 2 aromatic rings. The van der Waals surface area contributed by atoms with Gasteiger partial charge in [-0.2, -0.15) is 0 Å². The van der Waals surface area contributed by atoms with E-state index in [0.29, 0.717) is 35.2 Å². The Morgan fingerprint density at radius 1 is 1.47 bits per heavy atom. The number of aromatic carboxylic acids is 1. The van der Waals surface area contributed by atoms with Gasteiger partial charge in [0.1, 0.15) is 9.71 Å². The highest BCUT2D eigenvalue weighted by atomic mass is 32.1. The van der Waals surface area contributed by atoms with E-state index in [1.165, 1.54) is 10.9 Å². The third kappa shape index (κ3) is 2.52. The lowest BCUT2D eigenvalue weighted by Crippen LogP contribution is -2.20. The second kappa shape index (κ2) is 5.50. The van der Waals surface area contributed by atoms with E-state index < -0.39 is 5.97 Å². The van der Waals surface area contributed by atoms with Crippen molar-refractivity contribution in [2.75, 3.05) is 6.61 Å². The van der Waals surface area contributed by atoms with Crippen molar-refractivity contribution >= 4 is 27.5 Å². The van der Waals surface area contributed by atoms with Crippen LogP contribution in [0.2, 0.25) is 0 Å². The van der Waals surface area contributed by atoms with E-state index in [4.69, 9.17) is 10.2 Å². The maximum atomic E-state index is 12.3. The number of fused-ring (bicyclic) bond motifs is 1. The molecular weight excluding hydrogens is 268 g/mol. The predicted molar refractivity (Wildman–Crippen MR) is 71.9 cm³/mol. The number of aliphatic hydroxyl groups excluding tert-OH is 1. The molecule has 102 valence electrons. The summed E-state index contributed by atoms with van der Waals surface area (Å²) in [6.45, 7) is 2.19. The molecule has 7 heteroatoms. The van der Waals surface area contributed by atoms with Crippen molar-refractivity contribution in [3.8, 4) is 0 Å². The summed E-state index contributed by atoms with van der Waals surface area (Å²) in [7, 11) is 0. The van der Waals surface area contributed by atoms with E-state index in [9.17, 15) is 9.59 Å². The zero-order valence-corrected chi connectivity index (χ0v) is 11.2. The van der Waals surface area contributed by atoms with Gasteiger partial charge in [-0.05, 0) is 25.3 Å². The number of carboxylic acids is 1. The summed E-state index contributed by atoms with van der Waals surface area (Å²) in [6.07, 6.45) is 2.73. The number of aromatic nitrogens is 2. The van der Waals surface area contributed by atoms with Crippen molar-refractivity contribution in [2.45, 2.75) is 26.3 Å². The SMILES string of the molecule is Cc1c(C(=O)O)sc2ncn(CCCCO)c(=O)c12. The van der Waals surface area contributed by atoms with Crippen molar-refractivity contribution < 1.29 is 15.0 Å². The molecule has 0 radical (unpaired) electrons. The zero-order chi connectivity index (χ0) is 14.0. The van der Waals surface area contributed by atoms with Gasteiger partial charge in [0.15, 0.2) is 0 Å². The molecule has 0 aromatic carbocycles. The van der Waals surface area contributed by atoms with E-state index in [0.717, 1.165) is 11.3 Å². The monoisotopic (exact) mass is 282 g/mol. The lowest BCUT2D eigenvalue weighted by molar-refractivity contribution is 0.0701. The van der Waals surface area contributed by atoms with Gasteiger partial charge in [0.05, 0.1) is 11.7 Å². The number of thiophene rings is 1. The number of unbranched alkanes of at least 4 members (excludes halogenated alkanes) is 1. The maximum absolute atomic E-state index is 12.3. The number of hydrogen-bond donors (Lipinski definition) is 2. The van der Waals surface area contributed by atoms with Crippen LogP contribution < -0.4 is 5.56 Å². The lowest BCUT2D eigenvalue weighted by Gasteiger charge is -2.04. The Balaban J connectivity index is 2.49. The highest BCUT2D eigenvalue weighted by Crippen LogP contribution is 2.26. The fourth-order valence-corrected chi connectivity index (χ4v) is 2.89. The van der Waals surface area contributed by atoms with Crippen molar-refractivity contribution in [1.82, 2.24) is 9.55 Å². The van der Waals surface area contributed by atoms with Gasteiger partial charge in [0, 0.05) is 13.2 Å². The smallest absolute Gasteiger partial charge is 0.346 e. The maximum Gasteiger partial charge on any atom is 0.346 e. The minimum absolute atomic E-state index is 0.0884. The van der Waals surface area contributed by atoms with Crippen LogP contribution >= 0.6 is 11.3 Å². The molecule has 2 heterocycles. The summed E-state index contributed by atoms with van der Waals surface area (Å²) in [4.78, 5) is 28.1. The molecule has 0 aliphatic rings. The number of rotatable bonds is 5. The molecule has 0 unspecified atom stereocenters. The summed E-state index contributed by atoms with van der Waals surface area (Å²) >= 11 is 1.02. The summed E-state index contributed by atoms with van der Waals surface area (Å²) in [5, 5.41) is 18.2. The molecule has 6 nitrogen and oxygen atoms in total. The second-order valence-electron chi connectivity index (χ2n) is 4.22. The minimum atomic E-state index is -1.04. The van der Waals surface area contributed by atoms with Gasteiger partial charge in [0.25, 0.3) is 5.56 Å². The molecule has 0 bridgehead atoms. The average Bonchev–Trinajstić information content (AvgIpc) is 2.71. The van der Waals surface area contributed by atoms with Gasteiger partial charge in [-0.3, -0.25) is 9.36 Å². The first-order valence-electron chi connectivity index (χ1n) is 5.89. The first kappa shape index (κ1) is 13.7. The molecule has 0 spiro atoms. The van der Waals surface area contributed by atoms with Crippen molar-refractivity contribution in [3.63, 3.8) is 0 Å². The molecular formula is C12H14N2O4S. The second-order valence-corrected chi connectivity index (χ2v) is 5.21. The summed E-state index contributed by atoms with van der Waals surface area (Å²) < 4.78 is 1.46. The topological polar surface area (TPSA) is 92.4 Å². The Bertz CT molecular complexity index is 674. The standard InChI is InChI=1S/C12H14N2O4S/c1-7-8-10(19-9(7)12(17)18)13-6-14(11(8)16)4-2-3-5-15/h6,15H,2-5H2,1H3,(H,17,18). The zero-order valence-electron chi connectivity index (χ0n) is 10.4. The molecule has 0 fully saturated rings. The van der Waals surface area contributed by atoms with E-state index in [2.05, 4.69) is 4.98 Å².